The highest BCUT2D eigenvalue weighted by Gasteiger charge is 2.28. The number of esters is 1. The van der Waals surface area contributed by atoms with E-state index in [9.17, 15) is 18.0 Å². The molecular formula is C17H23ClN2O5S. The highest BCUT2D eigenvalue weighted by molar-refractivity contribution is 7.89. The molecule has 1 atom stereocenters. The van der Waals surface area contributed by atoms with Gasteiger partial charge in [-0.25, -0.2) is 13.2 Å². The summed E-state index contributed by atoms with van der Waals surface area (Å²) in [4.78, 5) is 24.0. The van der Waals surface area contributed by atoms with E-state index in [1.807, 2.05) is 0 Å². The molecule has 1 saturated heterocycles. The highest BCUT2D eigenvalue weighted by Crippen LogP contribution is 2.25. The third-order valence-electron chi connectivity index (χ3n) is 4.11. The van der Waals surface area contributed by atoms with E-state index in [0.29, 0.717) is 19.6 Å². The van der Waals surface area contributed by atoms with Crippen LogP contribution in [0, 0.1) is 0 Å². The zero-order valence-electron chi connectivity index (χ0n) is 14.8. The lowest BCUT2D eigenvalue weighted by Gasteiger charge is -2.26. The lowest BCUT2D eigenvalue weighted by molar-refractivity contribution is -0.128. The van der Waals surface area contributed by atoms with Crippen molar-refractivity contribution in [3.63, 3.8) is 0 Å². The number of hydrogen-bond acceptors (Lipinski definition) is 5. The van der Waals surface area contributed by atoms with Crippen molar-refractivity contribution in [1.29, 1.82) is 0 Å². The quantitative estimate of drug-likeness (QED) is 0.736. The number of nitrogens with one attached hydrogen (secondary N) is 1. The Bertz CT molecular complexity index is 775. The van der Waals surface area contributed by atoms with Crippen molar-refractivity contribution in [2.75, 3.05) is 19.6 Å². The maximum Gasteiger partial charge on any atom is 0.340 e. The van der Waals surface area contributed by atoms with Gasteiger partial charge in [0.2, 0.25) is 10.0 Å². The van der Waals surface area contributed by atoms with Gasteiger partial charge in [-0.05, 0) is 44.9 Å². The fourth-order valence-electron chi connectivity index (χ4n) is 2.67. The molecule has 0 unspecified atom stereocenters. The van der Waals surface area contributed by atoms with Gasteiger partial charge in [0, 0.05) is 19.6 Å². The van der Waals surface area contributed by atoms with Crippen LogP contribution < -0.4 is 5.32 Å². The van der Waals surface area contributed by atoms with E-state index in [1.165, 1.54) is 29.4 Å². The van der Waals surface area contributed by atoms with Gasteiger partial charge < -0.3 is 10.1 Å². The Kier molecular flexibility index (Phi) is 7.02. The maximum atomic E-state index is 12.8. The number of carbonyl (C=O) groups is 2. The van der Waals surface area contributed by atoms with E-state index in [4.69, 9.17) is 16.3 Å². The van der Waals surface area contributed by atoms with Gasteiger partial charge in [-0.15, -0.1) is 0 Å². The second kappa shape index (κ2) is 8.83. The van der Waals surface area contributed by atoms with Crippen LogP contribution in [0.15, 0.2) is 23.1 Å². The number of halogens is 1. The van der Waals surface area contributed by atoms with Crippen LogP contribution in [0.1, 0.15) is 43.5 Å². The van der Waals surface area contributed by atoms with Crippen LogP contribution in [-0.2, 0) is 19.6 Å². The first-order chi connectivity index (χ1) is 12.3. The van der Waals surface area contributed by atoms with Crippen molar-refractivity contribution in [2.45, 2.75) is 44.1 Å². The molecule has 0 aliphatic carbocycles. The minimum atomic E-state index is -3.70. The van der Waals surface area contributed by atoms with Gasteiger partial charge in [0.1, 0.15) is 0 Å². The number of sulfonamides is 1. The molecule has 7 nitrogen and oxygen atoms in total. The molecule has 1 aliphatic rings. The summed E-state index contributed by atoms with van der Waals surface area (Å²) in [6.45, 7) is 4.51. The van der Waals surface area contributed by atoms with Gasteiger partial charge >= 0.3 is 5.97 Å². The van der Waals surface area contributed by atoms with Crippen LogP contribution in [0.2, 0.25) is 5.02 Å². The second-order valence-corrected chi connectivity index (χ2v) is 8.39. The summed E-state index contributed by atoms with van der Waals surface area (Å²) in [5, 5.41) is 2.61. The summed E-state index contributed by atoms with van der Waals surface area (Å²) in [5.41, 5.74) is -0.0825. The van der Waals surface area contributed by atoms with E-state index in [-0.39, 0.29) is 15.5 Å². The average molecular weight is 403 g/mol. The molecule has 144 valence electrons. The molecule has 26 heavy (non-hydrogen) atoms. The van der Waals surface area contributed by atoms with E-state index in [1.54, 1.807) is 6.92 Å². The first kappa shape index (κ1) is 20.7. The van der Waals surface area contributed by atoms with E-state index < -0.39 is 28.0 Å². The first-order valence-corrected chi connectivity index (χ1v) is 10.4. The molecule has 0 aromatic heterocycles. The largest absolute Gasteiger partial charge is 0.449 e. The van der Waals surface area contributed by atoms with Crippen molar-refractivity contribution < 1.29 is 22.7 Å². The molecule has 0 saturated carbocycles. The lowest BCUT2D eigenvalue weighted by atomic mass is 10.2. The van der Waals surface area contributed by atoms with Gasteiger partial charge in [0.05, 0.1) is 15.5 Å². The summed E-state index contributed by atoms with van der Waals surface area (Å²) in [7, 11) is -3.70. The Morgan fingerprint density at radius 1 is 1.27 bits per heavy atom. The third kappa shape index (κ3) is 4.75. The van der Waals surface area contributed by atoms with Crippen LogP contribution in [0.4, 0.5) is 0 Å². The molecule has 2 rings (SSSR count). The molecular weight excluding hydrogens is 380 g/mol. The van der Waals surface area contributed by atoms with E-state index >= 15 is 0 Å². The van der Waals surface area contributed by atoms with Crippen LogP contribution in [0.25, 0.3) is 0 Å². The highest BCUT2D eigenvalue weighted by atomic mass is 35.5. The Morgan fingerprint density at radius 3 is 2.54 bits per heavy atom. The molecule has 0 radical (unpaired) electrons. The van der Waals surface area contributed by atoms with Gasteiger partial charge in [-0.1, -0.05) is 18.0 Å². The van der Waals surface area contributed by atoms with E-state index in [0.717, 1.165) is 19.3 Å². The van der Waals surface area contributed by atoms with Gasteiger partial charge in [-0.3, -0.25) is 4.79 Å². The summed E-state index contributed by atoms with van der Waals surface area (Å²) in [5.74, 6) is -1.28. The van der Waals surface area contributed by atoms with Crippen molar-refractivity contribution in [3.8, 4) is 0 Å². The SMILES string of the molecule is CCNC(=O)[C@@H](C)OC(=O)c1cc(S(=O)(=O)N2CCCCC2)ccc1Cl. The molecule has 0 bridgehead atoms. The van der Waals surface area contributed by atoms with Crippen molar-refractivity contribution in [2.24, 2.45) is 0 Å². The zero-order chi connectivity index (χ0) is 19.3. The lowest BCUT2D eigenvalue weighted by Crippen LogP contribution is -2.36. The smallest absolute Gasteiger partial charge is 0.340 e. The second-order valence-electron chi connectivity index (χ2n) is 6.05. The summed E-state index contributed by atoms with van der Waals surface area (Å²) < 4.78 is 32.0. The number of amides is 1. The Balaban J connectivity index is 2.23. The Morgan fingerprint density at radius 2 is 1.92 bits per heavy atom. The summed E-state index contributed by atoms with van der Waals surface area (Å²) in [6.07, 6.45) is 1.61. The number of benzene rings is 1. The molecule has 1 aromatic carbocycles. The number of carbonyl (C=O) groups excluding carboxylic acids is 2. The number of rotatable bonds is 6. The van der Waals surface area contributed by atoms with Crippen LogP contribution in [0.3, 0.4) is 0 Å². The summed E-state index contributed by atoms with van der Waals surface area (Å²) in [6, 6.07) is 3.93. The molecule has 1 N–H and O–H groups in total. The van der Waals surface area contributed by atoms with Gasteiger partial charge in [-0.2, -0.15) is 4.31 Å². The zero-order valence-corrected chi connectivity index (χ0v) is 16.4. The average Bonchev–Trinajstić information content (AvgIpc) is 2.62. The number of nitrogens with zero attached hydrogens (tertiary/aromatic N) is 1. The monoisotopic (exact) mass is 402 g/mol. The standard InChI is InChI=1S/C17H23ClN2O5S/c1-3-19-16(21)12(2)25-17(22)14-11-13(7-8-15(14)18)26(23,24)20-9-5-4-6-10-20/h7-8,11-12H,3-6,9-10H2,1-2H3,(H,19,21)/t12-/m1/s1. The van der Waals surface area contributed by atoms with Crippen molar-refractivity contribution in [3.05, 3.63) is 28.8 Å². The van der Waals surface area contributed by atoms with Crippen LogP contribution in [-0.4, -0.2) is 50.3 Å². The number of hydrogen-bond donors (Lipinski definition) is 1. The van der Waals surface area contributed by atoms with Gasteiger partial charge in [0.15, 0.2) is 6.10 Å². The molecule has 9 heteroatoms. The fraction of sp³-hybridized carbons (Fsp3) is 0.529. The molecule has 1 heterocycles. The number of piperidine rings is 1. The third-order valence-corrected chi connectivity index (χ3v) is 6.34. The Hall–Kier alpha value is -1.64. The van der Waals surface area contributed by atoms with Crippen LogP contribution >= 0.6 is 11.6 Å². The minimum absolute atomic E-state index is 0.0126. The normalized spacial score (nSPS) is 16.7. The summed E-state index contributed by atoms with van der Waals surface area (Å²) >= 11 is 6.04. The number of likely N-dealkylation sites (N-methyl/N-ethyl adjacent to an activating group) is 1. The van der Waals surface area contributed by atoms with Crippen molar-refractivity contribution in [1.82, 2.24) is 9.62 Å². The molecule has 1 aliphatic heterocycles. The van der Waals surface area contributed by atoms with Crippen LogP contribution in [0.5, 0.6) is 0 Å². The molecule has 1 aromatic rings. The Labute approximate surface area is 158 Å². The van der Waals surface area contributed by atoms with E-state index in [2.05, 4.69) is 5.32 Å². The topological polar surface area (TPSA) is 92.8 Å². The minimum Gasteiger partial charge on any atom is -0.449 e. The fourth-order valence-corrected chi connectivity index (χ4v) is 4.41. The number of ether oxygens (including phenoxy) is 1. The van der Waals surface area contributed by atoms with Crippen molar-refractivity contribution >= 4 is 33.5 Å². The predicted molar refractivity (Wildman–Crippen MR) is 97.6 cm³/mol. The molecule has 1 fully saturated rings. The molecule has 0 spiro atoms. The maximum absolute atomic E-state index is 12.8. The molecule has 1 amide bonds. The van der Waals surface area contributed by atoms with Gasteiger partial charge in [0.25, 0.3) is 5.91 Å². The first-order valence-electron chi connectivity index (χ1n) is 8.55. The predicted octanol–water partition coefficient (Wildman–Crippen LogP) is 2.20.